The molecule has 0 aliphatic carbocycles. The number of rotatable bonds is 7. The highest BCUT2D eigenvalue weighted by Crippen LogP contribution is 2.26. The van der Waals surface area contributed by atoms with Crippen molar-refractivity contribution in [3.8, 4) is 5.75 Å². The molecule has 0 saturated carbocycles. The van der Waals surface area contributed by atoms with Gasteiger partial charge in [0, 0.05) is 0 Å². The van der Waals surface area contributed by atoms with E-state index >= 15 is 0 Å². The summed E-state index contributed by atoms with van der Waals surface area (Å²) in [5.41, 5.74) is -0.618. The van der Waals surface area contributed by atoms with Crippen molar-refractivity contribution < 1.29 is 34.4 Å². The molecule has 1 amide bonds. The molecule has 30 heavy (non-hydrogen) atoms. The third-order valence-corrected chi connectivity index (χ3v) is 4.56. The standard InChI is InChI=1S/C18H18N4O7S/c1-4-29-17(28)14-8(2)19-18(30-14)20-15(25)13(9(3)23)22-21-12-6-5-10(24)7-11(12)16(26)27/h5-7,23-24H,4H2,1-3H3,(H,26,27)(H,19,20,25). The summed E-state index contributed by atoms with van der Waals surface area (Å²) in [6.45, 7) is 4.61. The molecule has 2 rings (SSSR count). The number of carbonyl (C=O) groups excluding carboxylic acids is 2. The number of benzene rings is 1. The van der Waals surface area contributed by atoms with Gasteiger partial charge in [-0.05, 0) is 39.0 Å². The summed E-state index contributed by atoms with van der Waals surface area (Å²) >= 11 is 0.888. The van der Waals surface area contributed by atoms with E-state index < -0.39 is 29.3 Å². The minimum Gasteiger partial charge on any atom is -0.510 e. The number of hydrogen-bond donors (Lipinski definition) is 4. The molecule has 0 aliphatic rings. The van der Waals surface area contributed by atoms with Gasteiger partial charge in [0.2, 0.25) is 0 Å². The van der Waals surface area contributed by atoms with E-state index in [0.29, 0.717) is 5.69 Å². The van der Waals surface area contributed by atoms with Crippen LogP contribution < -0.4 is 5.32 Å². The molecule has 0 spiro atoms. The largest absolute Gasteiger partial charge is 0.510 e. The topological polar surface area (TPSA) is 171 Å². The second-order valence-electron chi connectivity index (χ2n) is 5.75. The second kappa shape index (κ2) is 9.60. The lowest BCUT2D eigenvalue weighted by atomic mass is 10.2. The molecule has 0 aliphatic heterocycles. The molecule has 0 unspecified atom stereocenters. The number of phenolic OH excluding ortho intramolecular Hbond substituents is 1. The van der Waals surface area contributed by atoms with Gasteiger partial charge in [-0.1, -0.05) is 11.3 Å². The number of carbonyl (C=O) groups is 3. The van der Waals surface area contributed by atoms with Crippen LogP contribution in [0.15, 0.2) is 39.9 Å². The maximum atomic E-state index is 12.5. The summed E-state index contributed by atoms with van der Waals surface area (Å²) < 4.78 is 4.91. The number of esters is 1. The number of nitrogens with zero attached hydrogens (tertiary/aromatic N) is 3. The summed E-state index contributed by atoms with van der Waals surface area (Å²) in [5, 5.41) is 38.2. The Balaban J connectivity index is 2.26. The fourth-order valence-corrected chi connectivity index (χ4v) is 3.02. The van der Waals surface area contributed by atoms with Crippen LogP contribution in [0.1, 0.15) is 39.6 Å². The summed E-state index contributed by atoms with van der Waals surface area (Å²) in [7, 11) is 0. The summed E-state index contributed by atoms with van der Waals surface area (Å²) in [6.07, 6.45) is 0. The molecule has 0 saturated heterocycles. The number of nitrogens with one attached hydrogen (secondary N) is 1. The van der Waals surface area contributed by atoms with Gasteiger partial charge in [-0.2, -0.15) is 0 Å². The van der Waals surface area contributed by atoms with Crippen molar-refractivity contribution >= 4 is 40.0 Å². The first-order valence-electron chi connectivity index (χ1n) is 8.47. The van der Waals surface area contributed by atoms with Crippen molar-refractivity contribution in [3.05, 3.63) is 45.8 Å². The van der Waals surface area contributed by atoms with Gasteiger partial charge in [0.15, 0.2) is 10.8 Å². The molecule has 158 valence electrons. The summed E-state index contributed by atoms with van der Waals surface area (Å²) in [6, 6.07) is 3.37. The van der Waals surface area contributed by atoms with Crippen LogP contribution in [0.5, 0.6) is 5.75 Å². The lowest BCUT2D eigenvalue weighted by Gasteiger charge is -2.04. The average Bonchev–Trinajstić information content (AvgIpc) is 3.02. The number of aryl methyl sites for hydroxylation is 1. The van der Waals surface area contributed by atoms with Gasteiger partial charge in [0.05, 0.1) is 17.9 Å². The number of azo groups is 1. The van der Waals surface area contributed by atoms with Crippen LogP contribution in [0.4, 0.5) is 10.8 Å². The maximum Gasteiger partial charge on any atom is 0.350 e. The highest BCUT2D eigenvalue weighted by Gasteiger charge is 2.20. The zero-order chi connectivity index (χ0) is 22.4. The molecule has 2 aromatic rings. The van der Waals surface area contributed by atoms with Crippen molar-refractivity contribution in [1.82, 2.24) is 4.98 Å². The van der Waals surface area contributed by atoms with Gasteiger partial charge in [-0.15, -0.1) is 10.2 Å². The Morgan fingerprint density at radius 3 is 2.57 bits per heavy atom. The van der Waals surface area contributed by atoms with Gasteiger partial charge < -0.3 is 20.1 Å². The van der Waals surface area contributed by atoms with Crippen LogP contribution in [0.3, 0.4) is 0 Å². The third kappa shape index (κ3) is 5.38. The van der Waals surface area contributed by atoms with Crippen LogP contribution in [0.25, 0.3) is 0 Å². The molecule has 0 radical (unpaired) electrons. The molecular weight excluding hydrogens is 416 g/mol. The van der Waals surface area contributed by atoms with Gasteiger partial charge in [-0.25, -0.2) is 14.6 Å². The zero-order valence-electron chi connectivity index (χ0n) is 16.2. The SMILES string of the molecule is CCOC(=O)c1sc(NC(=O)C(N=Nc2ccc(O)cc2C(=O)O)=C(C)O)nc1C. The minimum atomic E-state index is -1.36. The van der Waals surface area contributed by atoms with Gasteiger partial charge in [-0.3, -0.25) is 10.1 Å². The van der Waals surface area contributed by atoms with Crippen molar-refractivity contribution in [2.75, 3.05) is 11.9 Å². The Bertz CT molecular complexity index is 1050. The number of ether oxygens (including phenoxy) is 1. The molecule has 4 N–H and O–H groups in total. The van der Waals surface area contributed by atoms with Crippen LogP contribution in [0, 0.1) is 6.92 Å². The Morgan fingerprint density at radius 2 is 1.97 bits per heavy atom. The number of aromatic nitrogens is 1. The monoisotopic (exact) mass is 434 g/mol. The van der Waals surface area contributed by atoms with E-state index in [2.05, 4.69) is 20.5 Å². The first-order chi connectivity index (χ1) is 14.1. The van der Waals surface area contributed by atoms with Crippen LogP contribution >= 0.6 is 11.3 Å². The van der Waals surface area contributed by atoms with Gasteiger partial charge in [0.25, 0.3) is 5.91 Å². The number of aromatic hydroxyl groups is 1. The number of aliphatic hydroxyl groups is 1. The molecule has 1 aromatic carbocycles. The number of allylic oxidation sites excluding steroid dienone is 1. The lowest BCUT2D eigenvalue weighted by molar-refractivity contribution is -0.113. The maximum absolute atomic E-state index is 12.5. The van der Waals surface area contributed by atoms with E-state index in [0.717, 1.165) is 17.4 Å². The van der Waals surface area contributed by atoms with E-state index in [-0.39, 0.29) is 33.6 Å². The van der Waals surface area contributed by atoms with E-state index in [1.807, 2.05) is 0 Å². The number of aliphatic hydroxyl groups excluding tert-OH is 1. The Labute approximate surface area is 174 Å². The number of carboxylic acid groups (broad SMARTS) is 1. The van der Waals surface area contributed by atoms with Crippen molar-refractivity contribution in [3.63, 3.8) is 0 Å². The van der Waals surface area contributed by atoms with Crippen molar-refractivity contribution in [2.45, 2.75) is 20.8 Å². The Kier molecular flexibility index (Phi) is 7.20. The predicted molar refractivity (Wildman–Crippen MR) is 106 cm³/mol. The number of amides is 1. The highest BCUT2D eigenvalue weighted by molar-refractivity contribution is 7.17. The molecule has 1 heterocycles. The summed E-state index contributed by atoms with van der Waals surface area (Å²) in [5.74, 6) is -3.57. The quantitative estimate of drug-likeness (QED) is 0.222. The fraction of sp³-hybridized carbons (Fsp3) is 0.222. The number of hydrogen-bond acceptors (Lipinski definition) is 10. The smallest absolute Gasteiger partial charge is 0.350 e. The molecule has 12 heteroatoms. The van der Waals surface area contributed by atoms with Crippen LogP contribution in [0.2, 0.25) is 0 Å². The first kappa shape index (κ1) is 22.5. The Hall–Kier alpha value is -3.80. The predicted octanol–water partition coefficient (Wildman–Crippen LogP) is 3.54. The first-order valence-corrected chi connectivity index (χ1v) is 9.29. The minimum absolute atomic E-state index is 0.0744. The number of thiazole rings is 1. The van der Waals surface area contributed by atoms with Crippen LogP contribution in [-0.2, 0) is 9.53 Å². The number of phenols is 1. The average molecular weight is 434 g/mol. The normalized spacial score (nSPS) is 11.8. The third-order valence-electron chi connectivity index (χ3n) is 3.50. The van der Waals surface area contributed by atoms with Gasteiger partial charge >= 0.3 is 11.9 Å². The molecule has 0 fully saturated rings. The molecular formula is C18H18N4O7S. The molecule has 1 aromatic heterocycles. The second-order valence-corrected chi connectivity index (χ2v) is 6.75. The van der Waals surface area contributed by atoms with E-state index in [1.165, 1.54) is 19.1 Å². The zero-order valence-corrected chi connectivity index (χ0v) is 17.0. The van der Waals surface area contributed by atoms with Gasteiger partial charge in [0.1, 0.15) is 22.1 Å². The lowest BCUT2D eigenvalue weighted by Crippen LogP contribution is -2.14. The summed E-state index contributed by atoms with van der Waals surface area (Å²) in [4.78, 5) is 39.9. The molecule has 11 nitrogen and oxygen atoms in total. The highest BCUT2D eigenvalue weighted by atomic mass is 32.1. The molecule has 0 atom stereocenters. The van der Waals surface area contributed by atoms with E-state index in [4.69, 9.17) is 4.74 Å². The fourth-order valence-electron chi connectivity index (χ4n) is 2.16. The Morgan fingerprint density at radius 1 is 1.27 bits per heavy atom. The van der Waals surface area contributed by atoms with Crippen LogP contribution in [-0.4, -0.2) is 44.8 Å². The van der Waals surface area contributed by atoms with E-state index in [1.54, 1.807) is 13.8 Å². The molecule has 0 bridgehead atoms. The number of anilines is 1. The number of carboxylic acids is 1. The van der Waals surface area contributed by atoms with E-state index in [9.17, 15) is 29.7 Å². The van der Waals surface area contributed by atoms with Crippen molar-refractivity contribution in [1.29, 1.82) is 0 Å². The van der Waals surface area contributed by atoms with Crippen molar-refractivity contribution in [2.24, 2.45) is 10.2 Å². The number of aromatic carboxylic acids is 1.